The zero-order valence-corrected chi connectivity index (χ0v) is 7.84. The normalized spacial score (nSPS) is 10.8. The van der Waals surface area contributed by atoms with Crippen LogP contribution in [-0.4, -0.2) is 15.1 Å². The summed E-state index contributed by atoms with van der Waals surface area (Å²) in [6, 6.07) is 0. The summed E-state index contributed by atoms with van der Waals surface area (Å²) in [5, 5.41) is 9.17. The Morgan fingerprint density at radius 1 is 1.58 bits per heavy atom. The number of aromatic nitrogens is 2. The monoisotopic (exact) mass is 186 g/mol. The number of nitrogens with zero attached hydrogens (tertiary/aromatic N) is 2. The molecule has 0 aromatic carbocycles. The molecule has 0 atom stereocenters. The lowest BCUT2D eigenvalue weighted by atomic mass is 10.1. The van der Waals surface area contributed by atoms with Gasteiger partial charge in [0.2, 0.25) is 5.28 Å². The van der Waals surface area contributed by atoms with E-state index in [1.807, 2.05) is 13.8 Å². The summed E-state index contributed by atoms with van der Waals surface area (Å²) in [5.41, 5.74) is 1.56. The number of aliphatic hydroxyl groups is 1. The fourth-order valence-electron chi connectivity index (χ4n) is 1.02. The van der Waals surface area contributed by atoms with Gasteiger partial charge in [-0.15, -0.1) is 0 Å². The largest absolute Gasteiger partial charge is 0.392 e. The molecule has 66 valence electrons. The van der Waals surface area contributed by atoms with Crippen LogP contribution in [0.4, 0.5) is 0 Å². The van der Waals surface area contributed by atoms with Gasteiger partial charge in [0.05, 0.1) is 12.3 Å². The van der Waals surface area contributed by atoms with E-state index in [1.165, 1.54) is 0 Å². The van der Waals surface area contributed by atoms with Gasteiger partial charge >= 0.3 is 0 Å². The van der Waals surface area contributed by atoms with Crippen LogP contribution in [0, 0.1) is 0 Å². The van der Waals surface area contributed by atoms with E-state index < -0.39 is 0 Å². The molecule has 0 aliphatic carbocycles. The molecule has 0 fully saturated rings. The van der Waals surface area contributed by atoms with Crippen LogP contribution in [0.15, 0.2) is 6.20 Å². The Morgan fingerprint density at radius 3 is 2.75 bits per heavy atom. The van der Waals surface area contributed by atoms with Crippen molar-refractivity contribution in [2.75, 3.05) is 0 Å². The molecule has 4 heteroatoms. The molecule has 3 nitrogen and oxygen atoms in total. The zero-order chi connectivity index (χ0) is 9.14. The summed E-state index contributed by atoms with van der Waals surface area (Å²) in [6.07, 6.45) is 1.56. The lowest BCUT2D eigenvalue weighted by Crippen LogP contribution is -2.01. The molecule has 1 rings (SSSR count). The number of rotatable bonds is 2. The van der Waals surface area contributed by atoms with Gasteiger partial charge in [-0.2, -0.15) is 0 Å². The second kappa shape index (κ2) is 3.83. The third-order valence-corrected chi connectivity index (χ3v) is 1.77. The van der Waals surface area contributed by atoms with Crippen molar-refractivity contribution >= 4 is 11.6 Å². The van der Waals surface area contributed by atoms with Gasteiger partial charge in [0, 0.05) is 11.8 Å². The van der Waals surface area contributed by atoms with Gasteiger partial charge in [0.25, 0.3) is 0 Å². The van der Waals surface area contributed by atoms with Crippen LogP contribution in [0.3, 0.4) is 0 Å². The van der Waals surface area contributed by atoms with E-state index in [9.17, 15) is 0 Å². The van der Waals surface area contributed by atoms with Crippen molar-refractivity contribution in [3.8, 4) is 0 Å². The summed E-state index contributed by atoms with van der Waals surface area (Å²) in [4.78, 5) is 7.83. The summed E-state index contributed by atoms with van der Waals surface area (Å²) in [7, 11) is 0. The third kappa shape index (κ3) is 1.93. The minimum absolute atomic E-state index is 0.0370. The van der Waals surface area contributed by atoms with Gasteiger partial charge in [0.15, 0.2) is 0 Å². The van der Waals surface area contributed by atoms with E-state index in [0.29, 0.717) is 0 Å². The first-order valence-electron chi connectivity index (χ1n) is 3.77. The van der Waals surface area contributed by atoms with E-state index in [1.54, 1.807) is 6.20 Å². The summed E-state index contributed by atoms with van der Waals surface area (Å²) >= 11 is 5.61. The maximum Gasteiger partial charge on any atom is 0.222 e. The first-order chi connectivity index (χ1) is 5.65. The van der Waals surface area contributed by atoms with Crippen molar-refractivity contribution in [1.29, 1.82) is 0 Å². The van der Waals surface area contributed by atoms with Gasteiger partial charge in [-0.1, -0.05) is 13.8 Å². The highest BCUT2D eigenvalue weighted by atomic mass is 35.5. The highest BCUT2D eigenvalue weighted by Crippen LogP contribution is 2.17. The second-order valence-corrected chi connectivity index (χ2v) is 3.20. The third-order valence-electron chi connectivity index (χ3n) is 1.59. The SMILES string of the molecule is CC(C)c1nc(Cl)ncc1CO. The fraction of sp³-hybridized carbons (Fsp3) is 0.500. The van der Waals surface area contributed by atoms with Crippen molar-refractivity contribution < 1.29 is 5.11 Å². The highest BCUT2D eigenvalue weighted by molar-refractivity contribution is 6.28. The summed E-state index contributed by atoms with van der Waals surface area (Å²) in [6.45, 7) is 3.96. The Balaban J connectivity index is 3.12. The molecular formula is C8H11ClN2O. The van der Waals surface area contributed by atoms with Gasteiger partial charge in [0.1, 0.15) is 0 Å². The predicted octanol–water partition coefficient (Wildman–Crippen LogP) is 1.75. The Kier molecular flexibility index (Phi) is 3.00. The van der Waals surface area contributed by atoms with Crippen molar-refractivity contribution in [2.45, 2.75) is 26.4 Å². The number of halogens is 1. The maximum absolute atomic E-state index is 8.94. The van der Waals surface area contributed by atoms with E-state index in [4.69, 9.17) is 16.7 Å². The van der Waals surface area contributed by atoms with Crippen molar-refractivity contribution in [3.05, 3.63) is 22.7 Å². The maximum atomic E-state index is 8.94. The van der Waals surface area contributed by atoms with Crippen LogP contribution in [0.25, 0.3) is 0 Å². The Bertz CT molecular complexity index is 276. The van der Waals surface area contributed by atoms with E-state index >= 15 is 0 Å². The summed E-state index contributed by atoms with van der Waals surface area (Å²) < 4.78 is 0. The average Bonchev–Trinajstić information content (AvgIpc) is 2.04. The smallest absolute Gasteiger partial charge is 0.222 e. The average molecular weight is 187 g/mol. The number of hydrogen-bond donors (Lipinski definition) is 1. The molecular weight excluding hydrogens is 176 g/mol. The topological polar surface area (TPSA) is 46.0 Å². The van der Waals surface area contributed by atoms with Crippen LogP contribution in [-0.2, 0) is 6.61 Å². The van der Waals surface area contributed by atoms with Crippen LogP contribution in [0.1, 0.15) is 31.0 Å². The molecule has 1 aromatic rings. The quantitative estimate of drug-likeness (QED) is 0.716. The Hall–Kier alpha value is -0.670. The minimum Gasteiger partial charge on any atom is -0.392 e. The molecule has 0 saturated heterocycles. The molecule has 0 amide bonds. The number of aliphatic hydroxyl groups excluding tert-OH is 1. The molecule has 1 N–H and O–H groups in total. The van der Waals surface area contributed by atoms with Gasteiger partial charge in [-0.05, 0) is 17.5 Å². The minimum atomic E-state index is -0.0370. The van der Waals surface area contributed by atoms with Gasteiger partial charge in [-0.3, -0.25) is 0 Å². The van der Waals surface area contributed by atoms with Crippen LogP contribution >= 0.6 is 11.6 Å². The number of hydrogen-bond acceptors (Lipinski definition) is 3. The van der Waals surface area contributed by atoms with Crippen molar-refractivity contribution in [3.63, 3.8) is 0 Å². The van der Waals surface area contributed by atoms with E-state index in [-0.39, 0.29) is 17.8 Å². The van der Waals surface area contributed by atoms with E-state index in [2.05, 4.69) is 9.97 Å². The van der Waals surface area contributed by atoms with E-state index in [0.717, 1.165) is 11.3 Å². The van der Waals surface area contributed by atoms with Gasteiger partial charge in [-0.25, -0.2) is 9.97 Å². The zero-order valence-electron chi connectivity index (χ0n) is 7.08. The standard InChI is InChI=1S/C8H11ClN2O/c1-5(2)7-6(4-12)3-10-8(9)11-7/h3,5,12H,4H2,1-2H3. The molecule has 0 saturated carbocycles. The molecule has 0 radical (unpaired) electrons. The Labute approximate surface area is 76.4 Å². The highest BCUT2D eigenvalue weighted by Gasteiger charge is 2.08. The molecule has 0 spiro atoms. The first kappa shape index (κ1) is 9.42. The van der Waals surface area contributed by atoms with Crippen LogP contribution < -0.4 is 0 Å². The fourth-order valence-corrected chi connectivity index (χ4v) is 1.16. The first-order valence-corrected chi connectivity index (χ1v) is 4.15. The summed E-state index contributed by atoms with van der Waals surface area (Å²) in [5.74, 6) is 0.257. The lowest BCUT2D eigenvalue weighted by molar-refractivity contribution is 0.279. The van der Waals surface area contributed by atoms with Crippen molar-refractivity contribution in [2.24, 2.45) is 0 Å². The molecule has 12 heavy (non-hydrogen) atoms. The second-order valence-electron chi connectivity index (χ2n) is 2.86. The Morgan fingerprint density at radius 2 is 2.25 bits per heavy atom. The molecule has 0 aliphatic rings. The predicted molar refractivity (Wildman–Crippen MR) is 47.1 cm³/mol. The lowest BCUT2D eigenvalue weighted by Gasteiger charge is -2.08. The van der Waals surface area contributed by atoms with Crippen LogP contribution in [0.5, 0.6) is 0 Å². The molecule has 0 unspecified atom stereocenters. The van der Waals surface area contributed by atoms with Crippen LogP contribution in [0.2, 0.25) is 5.28 Å². The van der Waals surface area contributed by atoms with Gasteiger partial charge < -0.3 is 5.11 Å². The molecule has 1 heterocycles. The molecule has 0 bridgehead atoms. The van der Waals surface area contributed by atoms with Crippen molar-refractivity contribution in [1.82, 2.24) is 9.97 Å². The molecule has 0 aliphatic heterocycles. The molecule has 1 aromatic heterocycles.